The molecule has 1 aromatic carbocycles. The first kappa shape index (κ1) is 22.9. The van der Waals surface area contributed by atoms with Gasteiger partial charge >= 0.3 is 0 Å². The van der Waals surface area contributed by atoms with E-state index in [9.17, 15) is 18.0 Å². The minimum Gasteiger partial charge on any atom is -0.350 e. The molecule has 10 heteroatoms. The summed E-state index contributed by atoms with van der Waals surface area (Å²) in [6.45, 7) is 1.79. The van der Waals surface area contributed by atoms with Crippen LogP contribution in [0.5, 0.6) is 0 Å². The molecule has 0 bridgehead atoms. The third-order valence-electron chi connectivity index (χ3n) is 5.54. The van der Waals surface area contributed by atoms with E-state index in [1.807, 2.05) is 0 Å². The summed E-state index contributed by atoms with van der Waals surface area (Å²) in [4.78, 5) is 35.0. The van der Waals surface area contributed by atoms with Crippen molar-refractivity contribution in [3.05, 3.63) is 40.4 Å². The van der Waals surface area contributed by atoms with Crippen LogP contribution in [0.1, 0.15) is 38.2 Å². The number of aromatic nitrogens is 2. The topological polar surface area (TPSA) is 117 Å². The van der Waals surface area contributed by atoms with E-state index >= 15 is 0 Å². The molecule has 1 aliphatic rings. The molecule has 2 atom stereocenters. The number of carbonyl (C=O) groups is 1. The van der Waals surface area contributed by atoms with Crippen LogP contribution >= 0.6 is 0 Å². The summed E-state index contributed by atoms with van der Waals surface area (Å²) < 4.78 is 29.8. The molecule has 166 valence electrons. The predicted octanol–water partition coefficient (Wildman–Crippen LogP) is 1.15. The van der Waals surface area contributed by atoms with Crippen LogP contribution in [0.4, 0.5) is 0 Å². The van der Waals surface area contributed by atoms with Crippen molar-refractivity contribution >= 4 is 26.6 Å². The molecule has 0 saturated carbocycles. The van der Waals surface area contributed by atoms with E-state index in [4.69, 9.17) is 16.0 Å². The Labute approximate surface area is 180 Å². The van der Waals surface area contributed by atoms with Gasteiger partial charge in [0, 0.05) is 31.4 Å². The first-order valence-electron chi connectivity index (χ1n) is 9.89. The van der Waals surface area contributed by atoms with Crippen molar-refractivity contribution < 1.29 is 22.8 Å². The number of fused-ring (bicyclic) bond motifs is 1. The first-order valence-corrected chi connectivity index (χ1v) is 11.8. The Morgan fingerprint density at radius 1 is 1.45 bits per heavy atom. The van der Waals surface area contributed by atoms with E-state index < -0.39 is 26.8 Å². The van der Waals surface area contributed by atoms with Crippen molar-refractivity contribution in [2.75, 3.05) is 12.9 Å². The van der Waals surface area contributed by atoms with Gasteiger partial charge in [0.25, 0.3) is 11.5 Å². The zero-order chi connectivity index (χ0) is 22.6. The lowest BCUT2D eigenvalue weighted by atomic mass is 10.1. The van der Waals surface area contributed by atoms with Gasteiger partial charge in [-0.05, 0) is 44.4 Å². The van der Waals surface area contributed by atoms with Gasteiger partial charge in [-0.1, -0.05) is 5.92 Å². The summed E-state index contributed by atoms with van der Waals surface area (Å²) in [5.41, 5.74) is 2.92. The summed E-state index contributed by atoms with van der Waals surface area (Å²) in [5.74, 6) is 1.67. The van der Waals surface area contributed by atoms with Crippen LogP contribution in [0.15, 0.2) is 29.3 Å². The molecule has 1 N–H and O–H groups in total. The zero-order valence-electron chi connectivity index (χ0n) is 17.5. The second-order valence-electron chi connectivity index (χ2n) is 7.72. The van der Waals surface area contributed by atoms with E-state index in [-0.39, 0.29) is 18.5 Å². The summed E-state index contributed by atoms with van der Waals surface area (Å²) in [6, 6.07) is 4.84. The highest BCUT2D eigenvalue weighted by Crippen LogP contribution is 2.23. The van der Waals surface area contributed by atoms with Crippen LogP contribution in [0.2, 0.25) is 0 Å². The Bertz CT molecular complexity index is 1180. The predicted molar refractivity (Wildman–Crippen MR) is 115 cm³/mol. The van der Waals surface area contributed by atoms with Gasteiger partial charge in [0.05, 0.1) is 17.2 Å². The molecule has 9 nitrogen and oxygen atoms in total. The van der Waals surface area contributed by atoms with Crippen LogP contribution < -0.4 is 11.0 Å². The number of rotatable bonds is 7. The van der Waals surface area contributed by atoms with Gasteiger partial charge in [-0.3, -0.25) is 14.2 Å². The molecular formula is C21H25N3O6S. The SMILES string of the molecule is C#Cc1ccc2c(=O)n(CC[C@](C)(C(=O)NOC3CCCCO3)S(C)(=O)=O)cnc2c1. The molecular weight excluding hydrogens is 422 g/mol. The van der Waals surface area contributed by atoms with Crippen molar-refractivity contribution in [3.8, 4) is 12.3 Å². The van der Waals surface area contributed by atoms with Gasteiger partial charge in [-0.2, -0.15) is 0 Å². The van der Waals surface area contributed by atoms with Crippen molar-refractivity contribution in [1.29, 1.82) is 0 Å². The number of terminal acetylenes is 1. The number of nitrogens with zero attached hydrogens (tertiary/aromatic N) is 2. The first-order chi connectivity index (χ1) is 14.7. The minimum absolute atomic E-state index is 0.0322. The molecule has 3 rings (SSSR count). The lowest BCUT2D eigenvalue weighted by Crippen LogP contribution is -2.51. The van der Waals surface area contributed by atoms with Crippen LogP contribution in [0.3, 0.4) is 0 Å². The zero-order valence-corrected chi connectivity index (χ0v) is 18.3. The maximum atomic E-state index is 12.8. The van der Waals surface area contributed by atoms with Gasteiger partial charge in [0.1, 0.15) is 0 Å². The molecule has 1 saturated heterocycles. The molecule has 0 aliphatic carbocycles. The largest absolute Gasteiger partial charge is 0.350 e. The van der Waals surface area contributed by atoms with Gasteiger partial charge in [-0.15, -0.1) is 6.42 Å². The highest BCUT2D eigenvalue weighted by atomic mass is 32.2. The molecule has 0 spiro atoms. The van der Waals surface area contributed by atoms with E-state index in [1.165, 1.54) is 17.8 Å². The maximum Gasteiger partial charge on any atom is 0.264 e. The highest BCUT2D eigenvalue weighted by Gasteiger charge is 2.44. The van der Waals surface area contributed by atoms with Gasteiger partial charge in [0.15, 0.2) is 20.9 Å². The minimum atomic E-state index is -3.84. The second kappa shape index (κ2) is 9.18. The van der Waals surface area contributed by atoms with Crippen molar-refractivity contribution in [3.63, 3.8) is 0 Å². The molecule has 1 aromatic heterocycles. The second-order valence-corrected chi connectivity index (χ2v) is 10.2. The highest BCUT2D eigenvalue weighted by molar-refractivity contribution is 7.92. The van der Waals surface area contributed by atoms with Gasteiger partial charge in [-0.25, -0.2) is 23.7 Å². The number of hydroxylamine groups is 1. The Kier molecular flexibility index (Phi) is 6.79. The Morgan fingerprint density at radius 3 is 2.87 bits per heavy atom. The molecule has 0 radical (unpaired) electrons. The fourth-order valence-corrected chi connectivity index (χ4v) is 4.08. The molecule has 1 amide bonds. The normalized spacial score (nSPS) is 18.8. The Balaban J connectivity index is 1.78. The Morgan fingerprint density at radius 2 is 2.23 bits per heavy atom. The average Bonchev–Trinajstić information content (AvgIpc) is 2.76. The fraction of sp³-hybridized carbons (Fsp3) is 0.476. The molecule has 1 unspecified atom stereocenters. The standard InChI is InChI=1S/C21H25N3O6S/c1-4-15-8-9-16-17(13-15)22-14-24(19(16)25)11-10-21(2,31(3,27)28)20(26)23-30-18-7-5-6-12-29-18/h1,8-9,13-14,18H,5-7,10-12H2,2-3H3,(H,23,26)/t18?,21-/m1/s1. The summed E-state index contributed by atoms with van der Waals surface area (Å²) >= 11 is 0. The number of benzene rings is 1. The van der Waals surface area contributed by atoms with Crippen LogP contribution in [-0.4, -0.2) is 47.8 Å². The van der Waals surface area contributed by atoms with Crippen molar-refractivity contribution in [2.24, 2.45) is 0 Å². The number of aryl methyl sites for hydroxylation is 1. The van der Waals surface area contributed by atoms with Gasteiger partial charge < -0.3 is 4.74 Å². The van der Waals surface area contributed by atoms with E-state index in [0.29, 0.717) is 29.5 Å². The molecule has 1 fully saturated rings. The number of sulfone groups is 1. The number of hydrogen-bond acceptors (Lipinski definition) is 7. The molecule has 31 heavy (non-hydrogen) atoms. The summed E-state index contributed by atoms with van der Waals surface area (Å²) in [6.07, 6.45) is 9.32. The quantitative estimate of drug-likeness (QED) is 0.500. The number of carbonyl (C=O) groups excluding carboxylic acids is 1. The number of hydrogen-bond donors (Lipinski definition) is 1. The lowest BCUT2D eigenvalue weighted by molar-refractivity contribution is -0.201. The van der Waals surface area contributed by atoms with Crippen LogP contribution in [0, 0.1) is 12.3 Å². The van der Waals surface area contributed by atoms with E-state index in [0.717, 1.165) is 19.1 Å². The monoisotopic (exact) mass is 447 g/mol. The van der Waals surface area contributed by atoms with E-state index in [1.54, 1.807) is 18.2 Å². The van der Waals surface area contributed by atoms with Crippen LogP contribution in [0.25, 0.3) is 10.9 Å². The van der Waals surface area contributed by atoms with Crippen molar-refractivity contribution in [2.45, 2.75) is 50.2 Å². The van der Waals surface area contributed by atoms with Crippen LogP contribution in [-0.2, 0) is 30.8 Å². The van der Waals surface area contributed by atoms with E-state index in [2.05, 4.69) is 16.4 Å². The summed E-state index contributed by atoms with van der Waals surface area (Å²) in [5, 5.41) is 0.352. The summed E-state index contributed by atoms with van der Waals surface area (Å²) in [7, 11) is -3.84. The number of amides is 1. The third-order valence-corrected chi connectivity index (χ3v) is 7.57. The average molecular weight is 448 g/mol. The third kappa shape index (κ3) is 4.95. The fourth-order valence-electron chi connectivity index (χ4n) is 3.24. The number of nitrogens with one attached hydrogen (secondary N) is 1. The maximum absolute atomic E-state index is 12.8. The molecule has 2 heterocycles. The molecule has 1 aliphatic heterocycles. The van der Waals surface area contributed by atoms with Gasteiger partial charge in [0.2, 0.25) is 0 Å². The Hall–Kier alpha value is -2.74. The lowest BCUT2D eigenvalue weighted by Gasteiger charge is -2.28. The molecule has 2 aromatic rings. The smallest absolute Gasteiger partial charge is 0.264 e. The number of ether oxygens (including phenoxy) is 1. The van der Waals surface area contributed by atoms with Crippen molar-refractivity contribution in [1.82, 2.24) is 15.0 Å².